The summed E-state index contributed by atoms with van der Waals surface area (Å²) in [7, 11) is 3.26. The minimum absolute atomic E-state index is 0.158. The highest BCUT2D eigenvalue weighted by Gasteiger charge is 2.18. The van der Waals surface area contributed by atoms with E-state index in [0.29, 0.717) is 12.1 Å². The fourth-order valence-electron chi connectivity index (χ4n) is 3.43. The number of carbonyl (C=O) groups is 1. The van der Waals surface area contributed by atoms with E-state index < -0.39 is 0 Å². The highest BCUT2D eigenvalue weighted by molar-refractivity contribution is 5.94. The standard InChI is InChI=1S/C25H24N4O3/c1-31-22-11-7-19(8-12-22)24(20-9-13-23(32-2)14-10-20)28-25(30)21-5-3-18(4-6-21)15-29-17-26-16-27-29/h3-14,16-17,24H,15H2,1-2H3,(H,28,30). The van der Waals surface area contributed by atoms with Gasteiger partial charge in [0.2, 0.25) is 0 Å². The van der Waals surface area contributed by atoms with Crippen LogP contribution in [0.15, 0.2) is 85.5 Å². The number of aromatic nitrogens is 3. The average molecular weight is 428 g/mol. The number of hydrogen-bond donors (Lipinski definition) is 1. The molecule has 0 aliphatic rings. The monoisotopic (exact) mass is 428 g/mol. The lowest BCUT2D eigenvalue weighted by Gasteiger charge is -2.21. The van der Waals surface area contributed by atoms with Crippen molar-refractivity contribution in [2.24, 2.45) is 0 Å². The highest BCUT2D eigenvalue weighted by Crippen LogP contribution is 2.26. The van der Waals surface area contributed by atoms with Gasteiger partial charge in [0.05, 0.1) is 26.8 Å². The maximum atomic E-state index is 13.1. The quantitative estimate of drug-likeness (QED) is 0.461. The number of nitrogens with one attached hydrogen (secondary N) is 1. The number of rotatable bonds is 8. The molecule has 4 aromatic rings. The number of methoxy groups -OCH3 is 2. The van der Waals surface area contributed by atoms with Crippen molar-refractivity contribution in [3.8, 4) is 11.5 Å². The lowest BCUT2D eigenvalue weighted by Crippen LogP contribution is -2.29. The number of carbonyl (C=O) groups excluding carboxylic acids is 1. The maximum Gasteiger partial charge on any atom is 0.252 e. The maximum absolute atomic E-state index is 13.1. The van der Waals surface area contributed by atoms with Crippen molar-refractivity contribution >= 4 is 5.91 Å². The van der Waals surface area contributed by atoms with Crippen LogP contribution in [-0.2, 0) is 6.54 Å². The molecule has 0 atom stereocenters. The summed E-state index contributed by atoms with van der Waals surface area (Å²) in [6.07, 6.45) is 3.16. The van der Waals surface area contributed by atoms with Crippen LogP contribution in [0.5, 0.6) is 11.5 Å². The summed E-state index contributed by atoms with van der Waals surface area (Å²) in [6.45, 7) is 0.599. The Labute approximate surface area is 186 Å². The van der Waals surface area contributed by atoms with Crippen LogP contribution >= 0.6 is 0 Å². The molecule has 0 saturated heterocycles. The smallest absolute Gasteiger partial charge is 0.252 e. The predicted molar refractivity (Wildman–Crippen MR) is 121 cm³/mol. The summed E-state index contributed by atoms with van der Waals surface area (Å²) < 4.78 is 12.3. The van der Waals surface area contributed by atoms with Crippen molar-refractivity contribution in [3.05, 3.63) is 108 Å². The number of amides is 1. The second-order valence-electron chi connectivity index (χ2n) is 7.24. The van der Waals surface area contributed by atoms with Gasteiger partial charge in [-0.15, -0.1) is 0 Å². The summed E-state index contributed by atoms with van der Waals surface area (Å²) in [5.74, 6) is 1.36. The van der Waals surface area contributed by atoms with E-state index in [1.165, 1.54) is 6.33 Å². The fraction of sp³-hybridized carbons (Fsp3) is 0.160. The van der Waals surface area contributed by atoms with Crippen LogP contribution in [0, 0.1) is 0 Å². The molecule has 1 amide bonds. The molecular weight excluding hydrogens is 404 g/mol. The third-order valence-corrected chi connectivity index (χ3v) is 5.20. The van der Waals surface area contributed by atoms with Gasteiger partial charge in [-0.25, -0.2) is 9.67 Å². The molecule has 0 spiro atoms. The normalized spacial score (nSPS) is 10.7. The third kappa shape index (κ3) is 4.95. The van der Waals surface area contributed by atoms with Gasteiger partial charge in [0, 0.05) is 5.56 Å². The van der Waals surface area contributed by atoms with E-state index in [1.807, 2.05) is 72.8 Å². The molecule has 1 aromatic heterocycles. The first-order valence-corrected chi connectivity index (χ1v) is 10.2. The molecule has 3 aromatic carbocycles. The van der Waals surface area contributed by atoms with Crippen molar-refractivity contribution in [1.29, 1.82) is 0 Å². The molecule has 4 rings (SSSR count). The van der Waals surface area contributed by atoms with Crippen LogP contribution in [0.1, 0.15) is 33.1 Å². The van der Waals surface area contributed by atoms with Gasteiger partial charge in [-0.2, -0.15) is 5.10 Å². The van der Waals surface area contributed by atoms with E-state index in [-0.39, 0.29) is 11.9 Å². The first kappa shape index (κ1) is 21.1. The Balaban J connectivity index is 1.55. The van der Waals surface area contributed by atoms with Gasteiger partial charge in [0.1, 0.15) is 24.2 Å². The lowest BCUT2D eigenvalue weighted by atomic mass is 9.97. The topological polar surface area (TPSA) is 78.3 Å². The van der Waals surface area contributed by atoms with Crippen molar-refractivity contribution < 1.29 is 14.3 Å². The number of hydrogen-bond acceptors (Lipinski definition) is 5. The lowest BCUT2D eigenvalue weighted by molar-refractivity contribution is 0.0943. The van der Waals surface area contributed by atoms with E-state index in [9.17, 15) is 4.79 Å². The van der Waals surface area contributed by atoms with Gasteiger partial charge in [-0.1, -0.05) is 36.4 Å². The zero-order valence-corrected chi connectivity index (χ0v) is 17.9. The van der Waals surface area contributed by atoms with E-state index in [1.54, 1.807) is 25.2 Å². The van der Waals surface area contributed by atoms with Gasteiger partial charge in [0.25, 0.3) is 5.91 Å². The third-order valence-electron chi connectivity index (χ3n) is 5.20. The molecule has 162 valence electrons. The summed E-state index contributed by atoms with van der Waals surface area (Å²) in [4.78, 5) is 17.0. The average Bonchev–Trinajstić information content (AvgIpc) is 3.36. The molecule has 0 radical (unpaired) electrons. The van der Waals surface area contributed by atoms with Gasteiger partial charge in [0.15, 0.2) is 0 Å². The number of benzene rings is 3. The Hall–Kier alpha value is -4.13. The number of nitrogens with zero attached hydrogens (tertiary/aromatic N) is 3. The minimum atomic E-state index is -0.325. The highest BCUT2D eigenvalue weighted by atomic mass is 16.5. The zero-order valence-electron chi connectivity index (χ0n) is 17.9. The summed E-state index contributed by atoms with van der Waals surface area (Å²) in [5.41, 5.74) is 3.52. The molecular formula is C25H24N4O3. The van der Waals surface area contributed by atoms with E-state index in [2.05, 4.69) is 15.4 Å². The SMILES string of the molecule is COc1ccc(C(NC(=O)c2ccc(Cn3cncn3)cc2)c2ccc(OC)cc2)cc1. The first-order chi connectivity index (χ1) is 15.7. The second kappa shape index (κ2) is 9.78. The summed E-state index contributed by atoms with van der Waals surface area (Å²) >= 11 is 0. The van der Waals surface area contributed by atoms with Gasteiger partial charge in [-0.05, 0) is 53.1 Å². The van der Waals surface area contributed by atoms with Crippen molar-refractivity contribution in [3.63, 3.8) is 0 Å². The van der Waals surface area contributed by atoms with Crippen LogP contribution < -0.4 is 14.8 Å². The molecule has 0 aliphatic heterocycles. The molecule has 0 saturated carbocycles. The Morgan fingerprint density at radius 3 is 1.91 bits per heavy atom. The Morgan fingerprint density at radius 1 is 0.875 bits per heavy atom. The molecule has 7 nitrogen and oxygen atoms in total. The molecule has 32 heavy (non-hydrogen) atoms. The summed E-state index contributed by atoms with van der Waals surface area (Å²) in [6, 6.07) is 22.5. The van der Waals surface area contributed by atoms with E-state index in [4.69, 9.17) is 9.47 Å². The second-order valence-corrected chi connectivity index (χ2v) is 7.24. The zero-order chi connectivity index (χ0) is 22.3. The molecule has 0 unspecified atom stereocenters. The van der Waals surface area contributed by atoms with Gasteiger partial charge in [-0.3, -0.25) is 4.79 Å². The Bertz CT molecular complexity index is 1090. The molecule has 0 fully saturated rings. The minimum Gasteiger partial charge on any atom is -0.497 e. The van der Waals surface area contributed by atoms with Crippen molar-refractivity contribution in [2.45, 2.75) is 12.6 Å². The molecule has 1 heterocycles. The number of ether oxygens (including phenoxy) is 2. The van der Waals surface area contributed by atoms with Crippen LogP contribution in [0.4, 0.5) is 0 Å². The van der Waals surface area contributed by atoms with Crippen LogP contribution in [0.2, 0.25) is 0 Å². The fourth-order valence-corrected chi connectivity index (χ4v) is 3.43. The van der Waals surface area contributed by atoms with Gasteiger partial charge >= 0.3 is 0 Å². The van der Waals surface area contributed by atoms with Crippen LogP contribution in [-0.4, -0.2) is 34.9 Å². The first-order valence-electron chi connectivity index (χ1n) is 10.2. The van der Waals surface area contributed by atoms with Crippen molar-refractivity contribution in [1.82, 2.24) is 20.1 Å². The summed E-state index contributed by atoms with van der Waals surface area (Å²) in [5, 5.41) is 7.27. The van der Waals surface area contributed by atoms with Crippen LogP contribution in [0.25, 0.3) is 0 Å². The largest absolute Gasteiger partial charge is 0.497 e. The molecule has 1 N–H and O–H groups in total. The van der Waals surface area contributed by atoms with Crippen LogP contribution in [0.3, 0.4) is 0 Å². The Kier molecular flexibility index (Phi) is 6.46. The van der Waals surface area contributed by atoms with Gasteiger partial charge < -0.3 is 14.8 Å². The van der Waals surface area contributed by atoms with E-state index in [0.717, 1.165) is 28.2 Å². The molecule has 7 heteroatoms. The van der Waals surface area contributed by atoms with Crippen molar-refractivity contribution in [2.75, 3.05) is 14.2 Å². The molecule has 0 aliphatic carbocycles. The predicted octanol–water partition coefficient (Wildman–Crippen LogP) is 3.86. The molecule has 0 bridgehead atoms. The Morgan fingerprint density at radius 2 is 1.44 bits per heavy atom. The van der Waals surface area contributed by atoms with E-state index >= 15 is 0 Å².